The molecule has 0 aromatic heterocycles. The quantitative estimate of drug-likeness (QED) is 0.855. The zero-order chi connectivity index (χ0) is 13.8. The van der Waals surface area contributed by atoms with Crippen molar-refractivity contribution in [3.63, 3.8) is 0 Å². The molecule has 0 aromatic rings. The van der Waals surface area contributed by atoms with E-state index in [2.05, 4.69) is 10.2 Å². The van der Waals surface area contributed by atoms with Crippen LogP contribution in [0.1, 0.15) is 51.4 Å². The number of carbonyl (C=O) groups is 1. The molecule has 3 heterocycles. The second-order valence-electron chi connectivity index (χ2n) is 6.58. The Balaban J connectivity index is 1.49. The molecule has 0 radical (unpaired) electrons. The first kappa shape index (κ1) is 14.3. The molecule has 4 heteroatoms. The van der Waals surface area contributed by atoms with E-state index >= 15 is 0 Å². The lowest BCUT2D eigenvalue weighted by molar-refractivity contribution is -0.133. The van der Waals surface area contributed by atoms with Crippen LogP contribution in [-0.4, -0.2) is 49.2 Å². The molecule has 3 rings (SSSR count). The second kappa shape index (κ2) is 6.90. The van der Waals surface area contributed by atoms with Crippen LogP contribution in [0.3, 0.4) is 0 Å². The fourth-order valence-electron chi connectivity index (χ4n) is 4.10. The van der Waals surface area contributed by atoms with Crippen LogP contribution in [0.2, 0.25) is 0 Å². The number of nitrogens with zero attached hydrogens (tertiary/aromatic N) is 1. The Morgan fingerprint density at radius 3 is 2.90 bits per heavy atom. The molecule has 114 valence electrons. The van der Waals surface area contributed by atoms with Crippen LogP contribution in [-0.2, 0) is 9.53 Å². The van der Waals surface area contributed by atoms with Crippen molar-refractivity contribution in [2.75, 3.05) is 26.2 Å². The number of ether oxygens (including phenoxy) is 1. The first-order valence-electron chi connectivity index (χ1n) is 8.46. The highest BCUT2D eigenvalue weighted by Crippen LogP contribution is 2.29. The predicted molar refractivity (Wildman–Crippen MR) is 78.5 cm³/mol. The smallest absolute Gasteiger partial charge is 0.222 e. The van der Waals surface area contributed by atoms with Crippen LogP contribution >= 0.6 is 0 Å². The van der Waals surface area contributed by atoms with Gasteiger partial charge in [0.2, 0.25) is 5.91 Å². The summed E-state index contributed by atoms with van der Waals surface area (Å²) >= 11 is 0. The van der Waals surface area contributed by atoms with Crippen molar-refractivity contribution in [1.82, 2.24) is 10.2 Å². The molecule has 3 fully saturated rings. The number of amides is 1. The SMILES string of the molecule is O=C(CCC1CCCO1)N1CCCC1C1CCCNC1. The van der Waals surface area contributed by atoms with Gasteiger partial charge in [0.1, 0.15) is 0 Å². The zero-order valence-electron chi connectivity index (χ0n) is 12.5. The molecule has 20 heavy (non-hydrogen) atoms. The highest BCUT2D eigenvalue weighted by molar-refractivity contribution is 5.76. The lowest BCUT2D eigenvalue weighted by Crippen LogP contribution is -2.45. The van der Waals surface area contributed by atoms with Crippen LogP contribution in [0.25, 0.3) is 0 Å². The van der Waals surface area contributed by atoms with Gasteiger partial charge in [-0.25, -0.2) is 0 Å². The van der Waals surface area contributed by atoms with E-state index in [9.17, 15) is 4.79 Å². The molecule has 1 N–H and O–H groups in total. The monoisotopic (exact) mass is 280 g/mol. The van der Waals surface area contributed by atoms with Crippen molar-refractivity contribution in [3.05, 3.63) is 0 Å². The maximum Gasteiger partial charge on any atom is 0.222 e. The summed E-state index contributed by atoms with van der Waals surface area (Å²) in [5.41, 5.74) is 0. The summed E-state index contributed by atoms with van der Waals surface area (Å²) in [5.74, 6) is 1.05. The van der Waals surface area contributed by atoms with Gasteiger partial charge in [0, 0.05) is 25.6 Å². The zero-order valence-corrected chi connectivity index (χ0v) is 12.5. The van der Waals surface area contributed by atoms with Gasteiger partial charge < -0.3 is 15.0 Å². The third kappa shape index (κ3) is 3.34. The van der Waals surface area contributed by atoms with Gasteiger partial charge in [0.05, 0.1) is 6.10 Å². The number of hydrogen-bond acceptors (Lipinski definition) is 3. The number of nitrogens with one attached hydrogen (secondary N) is 1. The highest BCUT2D eigenvalue weighted by atomic mass is 16.5. The summed E-state index contributed by atoms with van der Waals surface area (Å²) in [6.45, 7) is 4.11. The van der Waals surface area contributed by atoms with Gasteiger partial charge in [-0.2, -0.15) is 0 Å². The lowest BCUT2D eigenvalue weighted by atomic mass is 9.90. The van der Waals surface area contributed by atoms with Crippen LogP contribution < -0.4 is 5.32 Å². The van der Waals surface area contributed by atoms with Gasteiger partial charge in [-0.15, -0.1) is 0 Å². The van der Waals surface area contributed by atoms with E-state index < -0.39 is 0 Å². The Morgan fingerprint density at radius 1 is 1.20 bits per heavy atom. The molecule has 0 aliphatic carbocycles. The minimum absolute atomic E-state index is 0.344. The fourth-order valence-corrected chi connectivity index (χ4v) is 4.10. The molecule has 1 amide bonds. The van der Waals surface area contributed by atoms with Gasteiger partial charge >= 0.3 is 0 Å². The van der Waals surface area contributed by atoms with E-state index in [1.807, 2.05) is 0 Å². The first-order chi connectivity index (χ1) is 9.84. The molecule has 0 spiro atoms. The molecule has 0 saturated carbocycles. The van der Waals surface area contributed by atoms with Gasteiger partial charge in [-0.3, -0.25) is 4.79 Å². The normalized spacial score (nSPS) is 34.6. The largest absolute Gasteiger partial charge is 0.378 e. The summed E-state index contributed by atoms with van der Waals surface area (Å²) in [6.07, 6.45) is 9.20. The second-order valence-corrected chi connectivity index (χ2v) is 6.58. The number of likely N-dealkylation sites (tertiary alicyclic amines) is 1. The van der Waals surface area contributed by atoms with Gasteiger partial charge in [0.15, 0.2) is 0 Å². The first-order valence-corrected chi connectivity index (χ1v) is 8.46. The lowest BCUT2D eigenvalue weighted by Gasteiger charge is -2.34. The Labute approximate surface area is 122 Å². The maximum absolute atomic E-state index is 12.5. The summed E-state index contributed by atoms with van der Waals surface area (Å²) in [5, 5.41) is 3.49. The standard InChI is InChI=1S/C16H28N2O2/c19-16(8-7-14-5-3-11-20-14)18-10-2-6-15(18)13-4-1-9-17-12-13/h13-15,17H,1-12H2. The predicted octanol–water partition coefficient (Wildman–Crippen LogP) is 1.94. The number of rotatable bonds is 4. The maximum atomic E-state index is 12.5. The van der Waals surface area contributed by atoms with Gasteiger partial charge in [-0.1, -0.05) is 0 Å². The molecule has 3 aliphatic rings. The third-order valence-electron chi connectivity index (χ3n) is 5.20. The summed E-state index contributed by atoms with van der Waals surface area (Å²) in [4.78, 5) is 14.7. The van der Waals surface area contributed by atoms with Crippen molar-refractivity contribution >= 4 is 5.91 Å². The van der Waals surface area contributed by atoms with Crippen molar-refractivity contribution in [1.29, 1.82) is 0 Å². The molecule has 3 unspecified atom stereocenters. The topological polar surface area (TPSA) is 41.6 Å². The Morgan fingerprint density at radius 2 is 2.15 bits per heavy atom. The van der Waals surface area contributed by atoms with Crippen LogP contribution in [0, 0.1) is 5.92 Å². The Bertz CT molecular complexity index is 322. The van der Waals surface area contributed by atoms with E-state index in [0.717, 1.165) is 39.1 Å². The van der Waals surface area contributed by atoms with Crippen LogP contribution in [0.5, 0.6) is 0 Å². The van der Waals surface area contributed by atoms with E-state index in [-0.39, 0.29) is 0 Å². The molecular formula is C16H28N2O2. The Kier molecular flexibility index (Phi) is 4.94. The highest BCUT2D eigenvalue weighted by Gasteiger charge is 2.35. The van der Waals surface area contributed by atoms with E-state index in [4.69, 9.17) is 4.74 Å². The third-order valence-corrected chi connectivity index (χ3v) is 5.20. The fraction of sp³-hybridized carbons (Fsp3) is 0.938. The average Bonchev–Trinajstić information content (AvgIpc) is 3.17. The van der Waals surface area contributed by atoms with Crippen molar-refractivity contribution in [2.45, 2.75) is 63.5 Å². The number of carbonyl (C=O) groups excluding carboxylic acids is 1. The van der Waals surface area contributed by atoms with Crippen molar-refractivity contribution in [3.8, 4) is 0 Å². The Hall–Kier alpha value is -0.610. The van der Waals surface area contributed by atoms with E-state index in [1.54, 1.807) is 0 Å². The summed E-state index contributed by atoms with van der Waals surface area (Å²) < 4.78 is 5.63. The van der Waals surface area contributed by atoms with Gasteiger partial charge in [0.25, 0.3) is 0 Å². The molecule has 3 atom stereocenters. The van der Waals surface area contributed by atoms with E-state index in [1.165, 1.54) is 32.1 Å². The van der Waals surface area contributed by atoms with Crippen molar-refractivity contribution in [2.24, 2.45) is 5.92 Å². The summed E-state index contributed by atoms with van der Waals surface area (Å²) in [7, 11) is 0. The molecule has 4 nitrogen and oxygen atoms in total. The molecule has 3 saturated heterocycles. The van der Waals surface area contributed by atoms with Crippen molar-refractivity contribution < 1.29 is 9.53 Å². The molecule has 3 aliphatic heterocycles. The minimum Gasteiger partial charge on any atom is -0.378 e. The minimum atomic E-state index is 0.344. The average molecular weight is 280 g/mol. The van der Waals surface area contributed by atoms with Crippen LogP contribution in [0.4, 0.5) is 0 Å². The molecular weight excluding hydrogens is 252 g/mol. The van der Waals surface area contributed by atoms with E-state index in [0.29, 0.717) is 30.4 Å². The van der Waals surface area contributed by atoms with Gasteiger partial charge in [-0.05, 0) is 64.0 Å². The molecule has 0 aromatic carbocycles. The molecule has 0 bridgehead atoms. The number of piperidine rings is 1. The number of hydrogen-bond donors (Lipinski definition) is 1. The summed E-state index contributed by atoms with van der Waals surface area (Å²) in [6, 6.07) is 0.500. The van der Waals surface area contributed by atoms with Crippen LogP contribution in [0.15, 0.2) is 0 Å².